The molecule has 0 heterocycles. The van der Waals surface area contributed by atoms with Gasteiger partial charge in [-0.15, -0.1) is 0 Å². The number of allylic oxidation sites excluding steroid dienone is 4. The van der Waals surface area contributed by atoms with E-state index in [0.717, 1.165) is 30.6 Å². The molecule has 0 aliphatic rings. The van der Waals surface area contributed by atoms with Gasteiger partial charge in [0.25, 0.3) is 0 Å². The van der Waals surface area contributed by atoms with Crippen LogP contribution in [0.1, 0.15) is 18.4 Å². The van der Waals surface area contributed by atoms with Gasteiger partial charge in [-0.2, -0.15) is 0 Å². The summed E-state index contributed by atoms with van der Waals surface area (Å²) in [5, 5.41) is 0. The predicted octanol–water partition coefficient (Wildman–Crippen LogP) is 4.40. The number of hydrogen-bond donors (Lipinski definition) is 0. The van der Waals surface area contributed by atoms with Crippen LogP contribution in [0.4, 0.5) is 0 Å². The summed E-state index contributed by atoms with van der Waals surface area (Å²) >= 11 is 0. The minimum atomic E-state index is 0.730. The van der Waals surface area contributed by atoms with Crippen molar-refractivity contribution in [3.63, 3.8) is 0 Å². The molecule has 1 radical (unpaired) electrons. The second kappa shape index (κ2) is 8.40. The summed E-state index contributed by atoms with van der Waals surface area (Å²) < 4.78 is 5.26. The Morgan fingerprint density at radius 1 is 1.18 bits per heavy atom. The van der Waals surface area contributed by atoms with Gasteiger partial charge in [-0.1, -0.05) is 62.4 Å². The molecule has 1 rings (SSSR count). The van der Waals surface area contributed by atoms with Gasteiger partial charge >= 0.3 is 0 Å². The van der Waals surface area contributed by atoms with Gasteiger partial charge < -0.3 is 4.74 Å². The van der Waals surface area contributed by atoms with Crippen LogP contribution in [0.5, 0.6) is 0 Å². The maximum absolute atomic E-state index is 5.26. The summed E-state index contributed by atoms with van der Waals surface area (Å²) in [6, 6.07) is 10.1. The first kappa shape index (κ1) is 13.3. The van der Waals surface area contributed by atoms with Gasteiger partial charge in [0.05, 0.1) is 12.9 Å². The number of benzene rings is 1. The summed E-state index contributed by atoms with van der Waals surface area (Å²) in [5.41, 5.74) is 2.13. The molecule has 0 aliphatic carbocycles. The van der Waals surface area contributed by atoms with Crippen molar-refractivity contribution in [3.8, 4) is 0 Å². The summed E-state index contributed by atoms with van der Waals surface area (Å²) in [4.78, 5) is 0. The van der Waals surface area contributed by atoms with Crippen molar-refractivity contribution < 1.29 is 4.74 Å². The normalized spacial score (nSPS) is 11.1. The van der Waals surface area contributed by atoms with Gasteiger partial charge in [-0.05, 0) is 23.6 Å². The largest absolute Gasteiger partial charge is 0.501 e. The highest BCUT2D eigenvalue weighted by Gasteiger charge is 1.90. The van der Waals surface area contributed by atoms with E-state index in [0.29, 0.717) is 0 Å². The third-order valence-electron chi connectivity index (χ3n) is 2.24. The first-order valence-corrected chi connectivity index (χ1v) is 5.83. The van der Waals surface area contributed by atoms with Crippen molar-refractivity contribution in [1.29, 1.82) is 0 Å². The number of unbranched alkanes of at least 4 members (excludes halogenated alkanes) is 1. The molecule has 17 heavy (non-hydrogen) atoms. The van der Waals surface area contributed by atoms with E-state index >= 15 is 0 Å². The van der Waals surface area contributed by atoms with Crippen LogP contribution in [0.25, 0.3) is 5.57 Å². The Kier molecular flexibility index (Phi) is 6.57. The Labute approximate surface area is 104 Å². The quantitative estimate of drug-likeness (QED) is 0.381. The fraction of sp³-hybridized carbons (Fsp3) is 0.188. The lowest BCUT2D eigenvalue weighted by molar-refractivity contribution is 0.245. The molecule has 0 N–H and O–H groups in total. The Morgan fingerprint density at radius 2 is 1.94 bits per heavy atom. The van der Waals surface area contributed by atoms with Gasteiger partial charge in [0, 0.05) is 0 Å². The zero-order valence-corrected chi connectivity index (χ0v) is 10.1. The highest BCUT2D eigenvalue weighted by molar-refractivity contribution is 5.72. The molecule has 1 aromatic rings. The zero-order valence-electron chi connectivity index (χ0n) is 10.1. The molecule has 0 bridgehead atoms. The van der Waals surface area contributed by atoms with Crippen LogP contribution in [0, 0.1) is 6.92 Å². The van der Waals surface area contributed by atoms with Crippen molar-refractivity contribution in [1.82, 2.24) is 0 Å². The molecule has 0 saturated heterocycles. The highest BCUT2D eigenvalue weighted by atomic mass is 16.5. The average molecular weight is 227 g/mol. The third kappa shape index (κ3) is 5.76. The molecule has 0 aromatic heterocycles. The van der Waals surface area contributed by atoms with Crippen LogP contribution in [0.2, 0.25) is 0 Å². The summed E-state index contributed by atoms with van der Waals surface area (Å²) in [7, 11) is 0. The molecule has 0 saturated carbocycles. The minimum Gasteiger partial charge on any atom is -0.501 e. The van der Waals surface area contributed by atoms with E-state index in [4.69, 9.17) is 4.74 Å². The lowest BCUT2D eigenvalue weighted by Crippen LogP contribution is -1.84. The van der Waals surface area contributed by atoms with Crippen molar-refractivity contribution in [2.75, 3.05) is 6.61 Å². The third-order valence-corrected chi connectivity index (χ3v) is 2.24. The van der Waals surface area contributed by atoms with Crippen LogP contribution >= 0.6 is 0 Å². The molecule has 1 aromatic carbocycles. The first-order valence-electron chi connectivity index (χ1n) is 5.83. The number of hydrogen-bond acceptors (Lipinski definition) is 1. The van der Waals surface area contributed by atoms with Gasteiger partial charge in [-0.25, -0.2) is 0 Å². The van der Waals surface area contributed by atoms with E-state index < -0.39 is 0 Å². The van der Waals surface area contributed by atoms with Crippen molar-refractivity contribution in [3.05, 3.63) is 73.9 Å². The van der Waals surface area contributed by atoms with E-state index in [1.807, 2.05) is 48.6 Å². The second-order valence-electron chi connectivity index (χ2n) is 3.66. The Morgan fingerprint density at radius 3 is 2.65 bits per heavy atom. The first-order chi connectivity index (χ1) is 8.34. The molecule has 1 nitrogen and oxygen atoms in total. The molecule has 1 heteroatoms. The fourth-order valence-corrected chi connectivity index (χ4v) is 1.27. The molecule has 0 aliphatic heterocycles. The van der Waals surface area contributed by atoms with Gasteiger partial charge in [0.15, 0.2) is 0 Å². The van der Waals surface area contributed by atoms with Gasteiger partial charge in [-0.3, -0.25) is 0 Å². The van der Waals surface area contributed by atoms with Crippen LogP contribution in [-0.2, 0) is 4.74 Å². The molecule has 0 fully saturated rings. The lowest BCUT2D eigenvalue weighted by Gasteiger charge is -1.98. The van der Waals surface area contributed by atoms with E-state index in [1.165, 1.54) is 0 Å². The second-order valence-corrected chi connectivity index (χ2v) is 3.66. The number of ether oxygens (including phenoxy) is 1. The van der Waals surface area contributed by atoms with E-state index in [-0.39, 0.29) is 0 Å². The maximum Gasteiger partial charge on any atom is 0.0873 e. The standard InChI is InChI=1S/C16H19O/c1-3-4-13-17-14-9-8-10-15(2)16-11-6-5-7-12-16/h5-12,14H,1-4,13H2. The van der Waals surface area contributed by atoms with E-state index in [2.05, 4.69) is 13.5 Å². The lowest BCUT2D eigenvalue weighted by atomic mass is 10.1. The molecule has 0 amide bonds. The highest BCUT2D eigenvalue weighted by Crippen LogP contribution is 2.12. The maximum atomic E-state index is 5.26. The molecule has 0 spiro atoms. The smallest absolute Gasteiger partial charge is 0.0873 e. The molecular weight excluding hydrogens is 208 g/mol. The fourth-order valence-electron chi connectivity index (χ4n) is 1.27. The number of rotatable bonds is 7. The van der Waals surface area contributed by atoms with Gasteiger partial charge in [0.1, 0.15) is 0 Å². The Hall–Kier alpha value is -1.76. The van der Waals surface area contributed by atoms with E-state index in [9.17, 15) is 0 Å². The van der Waals surface area contributed by atoms with Crippen LogP contribution < -0.4 is 0 Å². The topological polar surface area (TPSA) is 9.23 Å². The molecule has 0 unspecified atom stereocenters. The minimum absolute atomic E-state index is 0.730. The zero-order chi connectivity index (χ0) is 12.3. The van der Waals surface area contributed by atoms with Crippen LogP contribution in [0.3, 0.4) is 0 Å². The summed E-state index contributed by atoms with van der Waals surface area (Å²) in [6.45, 7) is 8.48. The predicted molar refractivity (Wildman–Crippen MR) is 74.3 cm³/mol. The average Bonchev–Trinajstić information content (AvgIpc) is 2.38. The molecule has 89 valence electrons. The van der Waals surface area contributed by atoms with Crippen molar-refractivity contribution in [2.24, 2.45) is 0 Å². The SMILES string of the molecule is [CH2]CCCOC=CC=CC(=C)c1ccccc1. The Balaban J connectivity index is 2.32. The van der Waals surface area contributed by atoms with E-state index in [1.54, 1.807) is 6.26 Å². The van der Waals surface area contributed by atoms with Crippen LogP contribution in [-0.4, -0.2) is 6.61 Å². The summed E-state index contributed by atoms with van der Waals surface area (Å²) in [6.07, 6.45) is 9.37. The van der Waals surface area contributed by atoms with Gasteiger partial charge in [0.2, 0.25) is 0 Å². The van der Waals surface area contributed by atoms with Crippen LogP contribution in [0.15, 0.2) is 61.4 Å². The van der Waals surface area contributed by atoms with Crippen molar-refractivity contribution >= 4 is 5.57 Å². The summed E-state index contributed by atoms with van der Waals surface area (Å²) in [5.74, 6) is 0. The molecule has 0 atom stereocenters. The monoisotopic (exact) mass is 227 g/mol. The Bertz CT molecular complexity index is 374. The van der Waals surface area contributed by atoms with Crippen molar-refractivity contribution in [2.45, 2.75) is 12.8 Å². The molecular formula is C16H19O.